The molecule has 0 aliphatic heterocycles. The molecule has 0 bridgehead atoms. The van der Waals surface area contributed by atoms with E-state index in [1.54, 1.807) is 0 Å². The van der Waals surface area contributed by atoms with E-state index < -0.39 is 0 Å². The minimum atomic E-state index is -0.375. The molecule has 3 nitrogen and oxygen atoms in total. The summed E-state index contributed by atoms with van der Waals surface area (Å²) in [4.78, 5) is 0. The Hall–Kier alpha value is -1.84. The van der Waals surface area contributed by atoms with Crippen molar-refractivity contribution in [2.45, 2.75) is 64.5 Å². The van der Waals surface area contributed by atoms with Crippen LogP contribution in [0.15, 0.2) is 36.4 Å². The van der Waals surface area contributed by atoms with E-state index >= 15 is 0 Å². The maximum Gasteiger partial charge on any atom is 0.212 e. The van der Waals surface area contributed by atoms with Crippen molar-refractivity contribution in [3.8, 4) is 5.88 Å². The van der Waals surface area contributed by atoms with Gasteiger partial charge >= 0.3 is 0 Å². The molecule has 2 aromatic rings. The number of hydrogen-bond acceptors (Lipinski definition) is 2. The van der Waals surface area contributed by atoms with Gasteiger partial charge in [0.05, 0.1) is 11.7 Å². The standard InChI is InChI=1S/C21H29FN2O/c1-2-9-19-14-21(25-16-17-10-5-3-6-11-17)24(23-19)20(15-22)18-12-7-4-8-13-18/h3,5-6,10-11,14,18,20H,2,4,7-9,12-13,15-16H2,1H3. The smallest absolute Gasteiger partial charge is 0.212 e. The Balaban J connectivity index is 1.80. The number of nitrogens with zero attached hydrogens (tertiary/aromatic N) is 2. The highest BCUT2D eigenvalue weighted by molar-refractivity contribution is 5.20. The van der Waals surface area contributed by atoms with Gasteiger partial charge in [0.1, 0.15) is 13.3 Å². The third-order valence-corrected chi connectivity index (χ3v) is 5.15. The van der Waals surface area contributed by atoms with Gasteiger partial charge in [-0.1, -0.05) is 62.9 Å². The van der Waals surface area contributed by atoms with E-state index in [4.69, 9.17) is 9.84 Å². The highest BCUT2D eigenvalue weighted by Crippen LogP contribution is 2.35. The highest BCUT2D eigenvalue weighted by Gasteiger charge is 2.28. The molecule has 1 aromatic heterocycles. The first-order valence-corrected chi connectivity index (χ1v) is 9.63. The first-order chi connectivity index (χ1) is 12.3. The summed E-state index contributed by atoms with van der Waals surface area (Å²) in [6.45, 7) is 2.25. The van der Waals surface area contributed by atoms with Gasteiger partial charge in [0.15, 0.2) is 0 Å². The molecule has 1 aromatic carbocycles. The van der Waals surface area contributed by atoms with Crippen molar-refractivity contribution in [1.82, 2.24) is 9.78 Å². The molecular weight excluding hydrogens is 315 g/mol. The van der Waals surface area contributed by atoms with Crippen LogP contribution in [0.25, 0.3) is 0 Å². The van der Waals surface area contributed by atoms with Crippen LogP contribution in [0, 0.1) is 5.92 Å². The van der Waals surface area contributed by atoms with Crippen LogP contribution in [0.4, 0.5) is 4.39 Å². The second-order valence-corrected chi connectivity index (χ2v) is 7.06. The number of hydrogen-bond donors (Lipinski definition) is 0. The van der Waals surface area contributed by atoms with Crippen molar-refractivity contribution >= 4 is 0 Å². The van der Waals surface area contributed by atoms with Gasteiger partial charge in [-0.15, -0.1) is 0 Å². The van der Waals surface area contributed by atoms with Crippen molar-refractivity contribution in [3.05, 3.63) is 47.7 Å². The number of aryl methyl sites for hydroxylation is 1. The number of aromatic nitrogens is 2. The Kier molecular flexibility index (Phi) is 6.48. The molecule has 0 spiro atoms. The lowest BCUT2D eigenvalue weighted by Crippen LogP contribution is -2.25. The summed E-state index contributed by atoms with van der Waals surface area (Å²) in [7, 11) is 0. The van der Waals surface area contributed by atoms with Crippen molar-refractivity contribution in [3.63, 3.8) is 0 Å². The Bertz CT molecular complexity index is 635. The number of alkyl halides is 1. The first kappa shape index (κ1) is 18.0. The lowest BCUT2D eigenvalue weighted by molar-refractivity contribution is 0.170. The zero-order valence-corrected chi connectivity index (χ0v) is 15.2. The van der Waals surface area contributed by atoms with E-state index in [1.165, 1.54) is 19.3 Å². The third-order valence-electron chi connectivity index (χ3n) is 5.15. The minimum absolute atomic E-state index is 0.198. The monoisotopic (exact) mass is 344 g/mol. The van der Waals surface area contributed by atoms with Crippen LogP contribution >= 0.6 is 0 Å². The fourth-order valence-corrected chi connectivity index (χ4v) is 3.79. The van der Waals surface area contributed by atoms with Gasteiger partial charge in [0.2, 0.25) is 5.88 Å². The second kappa shape index (κ2) is 9.02. The Morgan fingerprint density at radius 3 is 2.64 bits per heavy atom. The van der Waals surface area contributed by atoms with Crippen molar-refractivity contribution in [2.24, 2.45) is 5.92 Å². The molecule has 1 fully saturated rings. The molecule has 0 radical (unpaired) electrons. The highest BCUT2D eigenvalue weighted by atomic mass is 19.1. The maximum atomic E-state index is 13.9. The topological polar surface area (TPSA) is 27.1 Å². The predicted molar refractivity (Wildman–Crippen MR) is 98.6 cm³/mol. The van der Waals surface area contributed by atoms with E-state index in [9.17, 15) is 4.39 Å². The van der Waals surface area contributed by atoms with Gasteiger partial charge in [-0.25, -0.2) is 9.07 Å². The molecule has 0 amide bonds. The number of halogens is 1. The fourth-order valence-electron chi connectivity index (χ4n) is 3.79. The van der Waals surface area contributed by atoms with Gasteiger partial charge < -0.3 is 4.74 Å². The van der Waals surface area contributed by atoms with E-state index in [1.807, 2.05) is 41.1 Å². The summed E-state index contributed by atoms with van der Waals surface area (Å²) in [6, 6.07) is 11.9. The zero-order valence-electron chi connectivity index (χ0n) is 15.2. The summed E-state index contributed by atoms with van der Waals surface area (Å²) in [5.74, 6) is 1.08. The van der Waals surface area contributed by atoms with E-state index in [0.29, 0.717) is 18.4 Å². The minimum Gasteiger partial charge on any atom is -0.473 e. The summed E-state index contributed by atoms with van der Waals surface area (Å²) in [6.07, 6.45) is 7.78. The fraction of sp³-hybridized carbons (Fsp3) is 0.571. The number of rotatable bonds is 8. The van der Waals surface area contributed by atoms with Crippen LogP contribution in [0.5, 0.6) is 5.88 Å². The Morgan fingerprint density at radius 1 is 1.20 bits per heavy atom. The molecular formula is C21H29FN2O. The Morgan fingerprint density at radius 2 is 1.96 bits per heavy atom. The lowest BCUT2D eigenvalue weighted by Gasteiger charge is -2.29. The normalized spacial score (nSPS) is 16.7. The second-order valence-electron chi connectivity index (χ2n) is 7.06. The van der Waals surface area contributed by atoms with Crippen LogP contribution in [-0.4, -0.2) is 16.5 Å². The quantitative estimate of drug-likeness (QED) is 0.632. The van der Waals surface area contributed by atoms with E-state index in [-0.39, 0.29) is 12.7 Å². The average molecular weight is 344 g/mol. The van der Waals surface area contributed by atoms with E-state index in [2.05, 4.69) is 6.92 Å². The summed E-state index contributed by atoms with van der Waals surface area (Å²) in [5.41, 5.74) is 2.11. The largest absolute Gasteiger partial charge is 0.473 e. The Labute approximate surface area is 150 Å². The zero-order chi connectivity index (χ0) is 17.5. The maximum absolute atomic E-state index is 13.9. The molecule has 3 rings (SSSR count). The van der Waals surface area contributed by atoms with Crippen molar-refractivity contribution < 1.29 is 9.13 Å². The number of ether oxygens (including phenoxy) is 1. The summed E-state index contributed by atoms with van der Waals surface area (Å²) in [5, 5.41) is 4.71. The molecule has 0 saturated heterocycles. The van der Waals surface area contributed by atoms with Crippen LogP contribution in [0.1, 0.15) is 62.7 Å². The average Bonchev–Trinajstić information content (AvgIpc) is 3.05. The molecule has 1 aliphatic carbocycles. The SMILES string of the molecule is CCCc1cc(OCc2ccccc2)n(C(CF)C2CCCCC2)n1. The van der Waals surface area contributed by atoms with E-state index in [0.717, 1.165) is 36.9 Å². The molecule has 1 unspecified atom stereocenters. The lowest BCUT2D eigenvalue weighted by atomic mass is 9.84. The molecule has 1 saturated carbocycles. The van der Waals surface area contributed by atoms with Gasteiger partial charge in [-0.2, -0.15) is 5.10 Å². The molecule has 4 heteroatoms. The molecule has 1 aliphatic rings. The van der Waals surface area contributed by atoms with Gasteiger partial charge in [-0.3, -0.25) is 0 Å². The predicted octanol–water partition coefficient (Wildman–Crippen LogP) is 5.51. The van der Waals surface area contributed by atoms with Gasteiger partial charge in [0, 0.05) is 6.07 Å². The van der Waals surface area contributed by atoms with Crippen molar-refractivity contribution in [2.75, 3.05) is 6.67 Å². The first-order valence-electron chi connectivity index (χ1n) is 9.63. The van der Waals surface area contributed by atoms with Crippen molar-refractivity contribution in [1.29, 1.82) is 0 Å². The van der Waals surface area contributed by atoms with Crippen LogP contribution in [0.3, 0.4) is 0 Å². The molecule has 0 N–H and O–H groups in total. The molecule has 1 atom stereocenters. The number of benzene rings is 1. The summed E-state index contributed by atoms with van der Waals surface area (Å²) >= 11 is 0. The van der Waals surface area contributed by atoms with Crippen LogP contribution in [-0.2, 0) is 13.0 Å². The third kappa shape index (κ3) is 4.62. The molecule has 25 heavy (non-hydrogen) atoms. The molecule has 136 valence electrons. The summed E-state index contributed by atoms with van der Waals surface area (Å²) < 4.78 is 21.8. The van der Waals surface area contributed by atoms with Gasteiger partial charge in [-0.05, 0) is 30.7 Å². The van der Waals surface area contributed by atoms with Gasteiger partial charge in [0.25, 0.3) is 0 Å². The van der Waals surface area contributed by atoms with Crippen LogP contribution in [0.2, 0.25) is 0 Å². The van der Waals surface area contributed by atoms with Crippen LogP contribution < -0.4 is 4.74 Å². The molecule has 1 heterocycles.